The molecule has 1 aromatic rings. The van der Waals surface area contributed by atoms with Gasteiger partial charge in [0, 0.05) is 31.5 Å². The van der Waals surface area contributed by atoms with E-state index in [1.807, 2.05) is 30.9 Å². The average Bonchev–Trinajstić information content (AvgIpc) is 2.68. The molecule has 0 saturated carbocycles. The van der Waals surface area contributed by atoms with Crippen LogP contribution in [-0.4, -0.2) is 48.5 Å². The highest BCUT2D eigenvalue weighted by Crippen LogP contribution is 2.33. The molecule has 5 nitrogen and oxygen atoms in total. The summed E-state index contributed by atoms with van der Waals surface area (Å²) in [5, 5.41) is 0. The number of rotatable bonds is 6. The second kappa shape index (κ2) is 8.91. The number of aryl methyl sites for hydroxylation is 1. The van der Waals surface area contributed by atoms with Gasteiger partial charge in [0.05, 0.1) is 18.8 Å². The predicted molar refractivity (Wildman–Crippen MR) is 109 cm³/mol. The topological polar surface area (TPSA) is 55.8 Å². The second-order valence-corrected chi connectivity index (χ2v) is 7.87. The fraction of sp³-hybridized carbons (Fsp3) is 0.565. The molecule has 0 aromatic heterocycles. The lowest BCUT2D eigenvalue weighted by molar-refractivity contribution is -0.136. The molecule has 2 aliphatic rings. The van der Waals surface area contributed by atoms with E-state index in [0.29, 0.717) is 25.3 Å². The summed E-state index contributed by atoms with van der Waals surface area (Å²) in [6, 6.07) is 5.46. The van der Waals surface area contributed by atoms with Crippen molar-refractivity contribution >= 4 is 11.7 Å². The lowest BCUT2D eigenvalue weighted by Gasteiger charge is -2.42. The quantitative estimate of drug-likeness (QED) is 0.547. The molecule has 1 spiro atoms. The summed E-state index contributed by atoms with van der Waals surface area (Å²) in [6.07, 6.45) is 5.41. The van der Waals surface area contributed by atoms with Crippen molar-refractivity contribution in [1.82, 2.24) is 4.90 Å². The van der Waals surface area contributed by atoms with Gasteiger partial charge in [-0.15, -0.1) is 0 Å². The van der Waals surface area contributed by atoms with Crippen LogP contribution < -0.4 is 4.74 Å². The van der Waals surface area contributed by atoms with Gasteiger partial charge in [-0.2, -0.15) is 0 Å². The number of Topliss-reactive ketones (excluding diaryl/α,β-unsaturated/α-hetero) is 1. The van der Waals surface area contributed by atoms with E-state index in [0.717, 1.165) is 37.2 Å². The van der Waals surface area contributed by atoms with Crippen LogP contribution in [0.25, 0.3) is 0 Å². The third-order valence-corrected chi connectivity index (χ3v) is 5.72. The van der Waals surface area contributed by atoms with Gasteiger partial charge in [0.15, 0.2) is 5.78 Å². The smallest absolute Gasteiger partial charge is 0.223 e. The van der Waals surface area contributed by atoms with Crippen molar-refractivity contribution in [2.45, 2.75) is 58.5 Å². The maximum atomic E-state index is 12.6. The minimum absolute atomic E-state index is 0.00199. The summed E-state index contributed by atoms with van der Waals surface area (Å²) in [6.45, 7) is 8.77. The molecule has 1 aromatic carbocycles. The largest absolute Gasteiger partial charge is 0.494 e. The van der Waals surface area contributed by atoms with Gasteiger partial charge in [0.25, 0.3) is 0 Å². The Morgan fingerprint density at radius 2 is 1.93 bits per heavy atom. The number of hydrogen-bond acceptors (Lipinski definition) is 4. The number of ketones is 1. The van der Waals surface area contributed by atoms with E-state index in [-0.39, 0.29) is 30.1 Å². The van der Waals surface area contributed by atoms with Crippen LogP contribution in [0.3, 0.4) is 0 Å². The molecule has 1 amide bonds. The highest BCUT2D eigenvalue weighted by Gasteiger charge is 2.36. The lowest BCUT2D eigenvalue weighted by Crippen LogP contribution is -2.48. The van der Waals surface area contributed by atoms with E-state index >= 15 is 0 Å². The fourth-order valence-electron chi connectivity index (χ4n) is 4.06. The molecule has 0 N–H and O–H groups in total. The summed E-state index contributed by atoms with van der Waals surface area (Å²) < 4.78 is 11.5. The van der Waals surface area contributed by atoms with Crippen molar-refractivity contribution < 1.29 is 19.1 Å². The zero-order chi connectivity index (χ0) is 20.1. The molecule has 2 heterocycles. The Bertz CT molecular complexity index is 760. The molecule has 0 unspecified atom stereocenters. The van der Waals surface area contributed by atoms with Gasteiger partial charge >= 0.3 is 0 Å². The average molecular weight is 386 g/mol. The molecule has 0 atom stereocenters. The van der Waals surface area contributed by atoms with Crippen molar-refractivity contribution in [1.29, 1.82) is 0 Å². The first-order chi connectivity index (χ1) is 13.4. The Morgan fingerprint density at radius 3 is 2.57 bits per heavy atom. The summed E-state index contributed by atoms with van der Waals surface area (Å²) in [5.41, 5.74) is 2.77. The Kier molecular flexibility index (Phi) is 6.55. The Balaban J connectivity index is 1.50. The normalized spacial score (nSPS) is 18.7. The number of piperidine rings is 1. The van der Waals surface area contributed by atoms with E-state index in [1.165, 1.54) is 5.57 Å². The van der Waals surface area contributed by atoms with Crippen molar-refractivity contribution in [3.05, 3.63) is 41.0 Å². The molecule has 1 fully saturated rings. The molecule has 0 bridgehead atoms. The first-order valence-electron chi connectivity index (χ1n) is 10.3. The summed E-state index contributed by atoms with van der Waals surface area (Å²) in [5.74, 6) is 0.858. The van der Waals surface area contributed by atoms with Crippen molar-refractivity contribution in [2.75, 3.05) is 26.3 Å². The zero-order valence-electron chi connectivity index (χ0n) is 17.3. The molecule has 152 valence electrons. The van der Waals surface area contributed by atoms with Gasteiger partial charge < -0.3 is 14.4 Å². The van der Waals surface area contributed by atoms with E-state index in [4.69, 9.17) is 9.47 Å². The van der Waals surface area contributed by atoms with Crippen LogP contribution in [0.5, 0.6) is 5.75 Å². The summed E-state index contributed by atoms with van der Waals surface area (Å²) in [4.78, 5) is 26.9. The van der Waals surface area contributed by atoms with Gasteiger partial charge in [0.2, 0.25) is 5.91 Å². The van der Waals surface area contributed by atoms with Crippen LogP contribution in [0.4, 0.5) is 0 Å². The molecule has 0 aliphatic carbocycles. The molecule has 2 aliphatic heterocycles. The molecule has 5 heteroatoms. The van der Waals surface area contributed by atoms with Crippen molar-refractivity contribution in [3.8, 4) is 5.75 Å². The van der Waals surface area contributed by atoms with Crippen molar-refractivity contribution in [2.24, 2.45) is 0 Å². The number of carbonyl (C=O) groups is 2. The molecule has 1 saturated heterocycles. The number of ether oxygens (including phenoxy) is 2. The molecule has 3 rings (SSSR count). The van der Waals surface area contributed by atoms with Crippen LogP contribution >= 0.6 is 0 Å². The minimum Gasteiger partial charge on any atom is -0.494 e. The van der Waals surface area contributed by atoms with Gasteiger partial charge in [-0.1, -0.05) is 11.6 Å². The fourth-order valence-corrected chi connectivity index (χ4v) is 4.06. The van der Waals surface area contributed by atoms with E-state index in [9.17, 15) is 9.59 Å². The minimum atomic E-state index is -0.186. The standard InChI is InChI=1S/C23H31NO4/c1-4-27-21-7-5-19(15-18(21)3)20(25)6-8-22(26)24-12-10-23(11-13-24)16-17(2)9-14-28-23/h5,7,15-16H,4,6,8-14H2,1-3H3. The number of amides is 1. The maximum Gasteiger partial charge on any atom is 0.223 e. The third-order valence-electron chi connectivity index (χ3n) is 5.72. The highest BCUT2D eigenvalue weighted by atomic mass is 16.5. The van der Waals surface area contributed by atoms with Gasteiger partial charge in [-0.05, 0) is 63.8 Å². The number of likely N-dealkylation sites (tertiary alicyclic amines) is 1. The van der Waals surface area contributed by atoms with E-state index < -0.39 is 0 Å². The Labute approximate surface area is 167 Å². The highest BCUT2D eigenvalue weighted by molar-refractivity contribution is 5.98. The molecule has 0 radical (unpaired) electrons. The maximum absolute atomic E-state index is 12.6. The van der Waals surface area contributed by atoms with E-state index in [1.54, 1.807) is 6.07 Å². The lowest BCUT2D eigenvalue weighted by atomic mass is 9.87. The van der Waals surface area contributed by atoms with Crippen LogP contribution in [0.1, 0.15) is 61.9 Å². The monoisotopic (exact) mass is 385 g/mol. The molecule has 28 heavy (non-hydrogen) atoms. The van der Waals surface area contributed by atoms with Crippen LogP contribution in [-0.2, 0) is 9.53 Å². The molecular weight excluding hydrogens is 354 g/mol. The second-order valence-electron chi connectivity index (χ2n) is 7.87. The van der Waals surface area contributed by atoms with Crippen molar-refractivity contribution in [3.63, 3.8) is 0 Å². The van der Waals surface area contributed by atoms with E-state index in [2.05, 4.69) is 13.0 Å². The zero-order valence-corrected chi connectivity index (χ0v) is 17.3. The van der Waals surface area contributed by atoms with Gasteiger partial charge in [-0.25, -0.2) is 0 Å². The summed E-state index contributed by atoms with van der Waals surface area (Å²) >= 11 is 0. The van der Waals surface area contributed by atoms with Gasteiger partial charge in [0.1, 0.15) is 5.75 Å². The van der Waals surface area contributed by atoms with Crippen LogP contribution in [0.2, 0.25) is 0 Å². The Hall–Kier alpha value is -2.14. The SMILES string of the molecule is CCOc1ccc(C(=O)CCC(=O)N2CCC3(C=C(C)CCO3)CC2)cc1C. The van der Waals surface area contributed by atoms with Crippen LogP contribution in [0, 0.1) is 6.92 Å². The summed E-state index contributed by atoms with van der Waals surface area (Å²) in [7, 11) is 0. The molecular formula is C23H31NO4. The number of nitrogens with zero attached hydrogens (tertiary/aromatic N) is 1. The number of benzene rings is 1. The first kappa shape index (κ1) is 20.6. The number of carbonyl (C=O) groups excluding carboxylic acids is 2. The third kappa shape index (κ3) is 4.82. The Morgan fingerprint density at radius 1 is 1.18 bits per heavy atom. The van der Waals surface area contributed by atoms with Crippen LogP contribution in [0.15, 0.2) is 29.8 Å². The van der Waals surface area contributed by atoms with Gasteiger partial charge in [-0.3, -0.25) is 9.59 Å². The predicted octanol–water partition coefficient (Wildman–Crippen LogP) is 4.08. The number of hydrogen-bond donors (Lipinski definition) is 0. The first-order valence-corrected chi connectivity index (χ1v) is 10.3.